The molecule has 1 amide bonds. The molecule has 0 bridgehead atoms. The summed E-state index contributed by atoms with van der Waals surface area (Å²) in [7, 11) is 0. The second kappa shape index (κ2) is 8.39. The largest absolute Gasteiger partial charge is 0.480 e. The number of nitrogens with one attached hydrogen (secondary N) is 1. The van der Waals surface area contributed by atoms with E-state index in [1.165, 1.54) is 0 Å². The molecule has 0 aromatic heterocycles. The maximum Gasteiger partial charge on any atom is 0.260 e. The van der Waals surface area contributed by atoms with Crippen LogP contribution in [0.25, 0.3) is 0 Å². The third-order valence-electron chi connectivity index (χ3n) is 3.21. The Kier molecular flexibility index (Phi) is 7.18. The Hall–Kier alpha value is -1.07. The van der Waals surface area contributed by atoms with E-state index in [0.717, 1.165) is 17.3 Å². The lowest BCUT2D eigenvalue weighted by atomic mass is 10.1. The Morgan fingerprint density at radius 2 is 2.05 bits per heavy atom. The summed E-state index contributed by atoms with van der Waals surface area (Å²) in [5.41, 5.74) is 0.666. The fourth-order valence-electron chi connectivity index (χ4n) is 2.06. The summed E-state index contributed by atoms with van der Waals surface area (Å²) in [5, 5.41) is 12.7. The lowest BCUT2D eigenvalue weighted by molar-refractivity contribution is -0.128. The number of carbonyl (C=O) groups is 1. The van der Waals surface area contributed by atoms with Gasteiger partial charge >= 0.3 is 0 Å². The number of hydrogen-bond donors (Lipinski definition) is 2. The lowest BCUT2D eigenvalue weighted by Gasteiger charge is -2.20. The van der Waals surface area contributed by atoms with Gasteiger partial charge in [-0.2, -0.15) is 0 Å². The Bertz CT molecular complexity index is 477. The highest BCUT2D eigenvalue weighted by atomic mass is 79.9. The van der Waals surface area contributed by atoms with Crippen molar-refractivity contribution in [2.45, 2.75) is 58.8 Å². The van der Waals surface area contributed by atoms with Crippen molar-refractivity contribution in [3.8, 4) is 5.75 Å². The minimum absolute atomic E-state index is 0.132. The van der Waals surface area contributed by atoms with Gasteiger partial charge in [0.1, 0.15) is 5.75 Å². The summed E-state index contributed by atoms with van der Waals surface area (Å²) >= 11 is 3.37. The first kappa shape index (κ1) is 18.0. The second-order valence-electron chi connectivity index (χ2n) is 5.32. The predicted octanol–water partition coefficient (Wildman–Crippen LogP) is 3.57. The average Bonchev–Trinajstić information content (AvgIpc) is 2.38. The summed E-state index contributed by atoms with van der Waals surface area (Å²) in [6, 6.07) is 5.52. The molecule has 0 saturated heterocycles. The van der Waals surface area contributed by atoms with Crippen LogP contribution in [-0.2, 0) is 4.79 Å². The SMILES string of the molecule is CCCC(C)NC(=O)C(C)Oc1cc(Br)ccc1[C@H](C)O. The van der Waals surface area contributed by atoms with Gasteiger partial charge in [-0.1, -0.05) is 35.3 Å². The van der Waals surface area contributed by atoms with Crippen molar-refractivity contribution in [2.24, 2.45) is 0 Å². The van der Waals surface area contributed by atoms with Crippen molar-refractivity contribution < 1.29 is 14.6 Å². The fraction of sp³-hybridized carbons (Fsp3) is 0.562. The number of rotatable bonds is 7. The van der Waals surface area contributed by atoms with Crippen molar-refractivity contribution in [3.05, 3.63) is 28.2 Å². The second-order valence-corrected chi connectivity index (χ2v) is 6.23. The highest BCUT2D eigenvalue weighted by Crippen LogP contribution is 2.29. The molecule has 0 aliphatic heterocycles. The molecule has 1 rings (SSSR count). The molecular weight excluding hydrogens is 334 g/mol. The van der Waals surface area contributed by atoms with Crippen LogP contribution in [0.5, 0.6) is 5.75 Å². The van der Waals surface area contributed by atoms with Crippen LogP contribution in [-0.4, -0.2) is 23.2 Å². The van der Waals surface area contributed by atoms with Gasteiger partial charge < -0.3 is 15.2 Å². The summed E-state index contributed by atoms with van der Waals surface area (Å²) in [4.78, 5) is 12.1. The maximum atomic E-state index is 12.1. The first-order chi connectivity index (χ1) is 9.85. The standard InChI is InChI=1S/C16H24BrNO3/c1-5-6-10(2)18-16(20)12(4)21-15-9-13(17)7-8-14(15)11(3)19/h7-12,19H,5-6H2,1-4H3,(H,18,20)/t10?,11-,12?/m0/s1. The minimum Gasteiger partial charge on any atom is -0.480 e. The maximum absolute atomic E-state index is 12.1. The van der Waals surface area contributed by atoms with E-state index in [0.29, 0.717) is 11.3 Å². The van der Waals surface area contributed by atoms with Gasteiger partial charge in [-0.3, -0.25) is 4.79 Å². The highest BCUT2D eigenvalue weighted by Gasteiger charge is 2.19. The summed E-state index contributed by atoms with van der Waals surface area (Å²) in [5.74, 6) is 0.373. The van der Waals surface area contributed by atoms with E-state index in [2.05, 4.69) is 28.2 Å². The predicted molar refractivity (Wildman–Crippen MR) is 87.4 cm³/mol. The summed E-state index contributed by atoms with van der Waals surface area (Å²) in [6.07, 6.45) is 0.696. The zero-order valence-corrected chi connectivity index (χ0v) is 14.6. The summed E-state index contributed by atoms with van der Waals surface area (Å²) < 4.78 is 6.57. The molecule has 0 aliphatic rings. The van der Waals surface area contributed by atoms with E-state index in [1.807, 2.05) is 13.0 Å². The van der Waals surface area contributed by atoms with E-state index in [1.54, 1.807) is 26.0 Å². The van der Waals surface area contributed by atoms with Crippen molar-refractivity contribution in [3.63, 3.8) is 0 Å². The lowest BCUT2D eigenvalue weighted by Crippen LogP contribution is -2.41. The van der Waals surface area contributed by atoms with E-state index in [4.69, 9.17) is 4.74 Å². The number of halogens is 1. The fourth-order valence-corrected chi connectivity index (χ4v) is 2.40. The first-order valence-electron chi connectivity index (χ1n) is 7.29. The monoisotopic (exact) mass is 357 g/mol. The average molecular weight is 358 g/mol. The number of carbonyl (C=O) groups excluding carboxylic acids is 1. The van der Waals surface area contributed by atoms with Crippen LogP contribution < -0.4 is 10.1 Å². The molecule has 0 saturated carbocycles. The van der Waals surface area contributed by atoms with Crippen LogP contribution in [0.15, 0.2) is 22.7 Å². The number of aliphatic hydroxyl groups excluding tert-OH is 1. The molecule has 2 N–H and O–H groups in total. The Balaban J connectivity index is 2.76. The van der Waals surface area contributed by atoms with Gasteiger partial charge in [0, 0.05) is 16.1 Å². The Labute approximate surface area is 135 Å². The molecule has 21 heavy (non-hydrogen) atoms. The number of amides is 1. The van der Waals surface area contributed by atoms with Crippen LogP contribution >= 0.6 is 15.9 Å². The molecule has 5 heteroatoms. The molecular formula is C16H24BrNO3. The zero-order valence-electron chi connectivity index (χ0n) is 13.0. The van der Waals surface area contributed by atoms with Crippen molar-refractivity contribution in [1.82, 2.24) is 5.32 Å². The van der Waals surface area contributed by atoms with Crippen LogP contribution in [0.2, 0.25) is 0 Å². The topological polar surface area (TPSA) is 58.6 Å². The van der Waals surface area contributed by atoms with Gasteiger partial charge in [0.15, 0.2) is 6.10 Å². The Morgan fingerprint density at radius 3 is 2.62 bits per heavy atom. The number of benzene rings is 1. The van der Waals surface area contributed by atoms with Gasteiger partial charge in [-0.25, -0.2) is 0 Å². The molecule has 0 radical (unpaired) electrons. The number of aliphatic hydroxyl groups is 1. The van der Waals surface area contributed by atoms with Crippen molar-refractivity contribution in [2.75, 3.05) is 0 Å². The summed E-state index contributed by atoms with van der Waals surface area (Å²) in [6.45, 7) is 7.44. The van der Waals surface area contributed by atoms with E-state index >= 15 is 0 Å². The van der Waals surface area contributed by atoms with Gasteiger partial charge in [0.05, 0.1) is 6.10 Å². The zero-order chi connectivity index (χ0) is 16.0. The molecule has 1 aromatic carbocycles. The van der Waals surface area contributed by atoms with Crippen LogP contribution in [0.4, 0.5) is 0 Å². The van der Waals surface area contributed by atoms with Crippen LogP contribution in [0.3, 0.4) is 0 Å². The third kappa shape index (κ3) is 5.67. The molecule has 0 spiro atoms. The molecule has 118 valence electrons. The minimum atomic E-state index is -0.651. The van der Waals surface area contributed by atoms with Gasteiger partial charge in [0.2, 0.25) is 0 Å². The van der Waals surface area contributed by atoms with E-state index in [9.17, 15) is 9.90 Å². The first-order valence-corrected chi connectivity index (χ1v) is 8.09. The molecule has 1 aromatic rings. The van der Waals surface area contributed by atoms with Crippen molar-refractivity contribution >= 4 is 21.8 Å². The molecule has 0 heterocycles. The van der Waals surface area contributed by atoms with E-state index < -0.39 is 12.2 Å². The molecule has 3 atom stereocenters. The number of hydrogen-bond acceptors (Lipinski definition) is 3. The quantitative estimate of drug-likeness (QED) is 0.783. The van der Waals surface area contributed by atoms with Crippen molar-refractivity contribution in [1.29, 1.82) is 0 Å². The molecule has 2 unspecified atom stereocenters. The normalized spacial score (nSPS) is 15.1. The van der Waals surface area contributed by atoms with E-state index in [-0.39, 0.29) is 11.9 Å². The number of ether oxygens (including phenoxy) is 1. The third-order valence-corrected chi connectivity index (χ3v) is 3.70. The Morgan fingerprint density at radius 1 is 1.38 bits per heavy atom. The highest BCUT2D eigenvalue weighted by molar-refractivity contribution is 9.10. The van der Waals surface area contributed by atoms with Crippen LogP contribution in [0.1, 0.15) is 52.2 Å². The molecule has 0 fully saturated rings. The van der Waals surface area contributed by atoms with Gasteiger partial charge in [-0.05, 0) is 39.3 Å². The van der Waals surface area contributed by atoms with Gasteiger partial charge in [-0.15, -0.1) is 0 Å². The molecule has 4 nitrogen and oxygen atoms in total. The molecule has 0 aliphatic carbocycles. The van der Waals surface area contributed by atoms with Gasteiger partial charge in [0.25, 0.3) is 5.91 Å². The van der Waals surface area contributed by atoms with Crippen LogP contribution in [0, 0.1) is 0 Å². The smallest absolute Gasteiger partial charge is 0.260 e.